The third-order valence-electron chi connectivity index (χ3n) is 3.94. The molecule has 118 valence electrons. The van der Waals surface area contributed by atoms with E-state index in [9.17, 15) is 14.0 Å². The van der Waals surface area contributed by atoms with Gasteiger partial charge in [-0.25, -0.2) is 4.39 Å². The predicted octanol–water partition coefficient (Wildman–Crippen LogP) is 2.07. The van der Waals surface area contributed by atoms with E-state index < -0.39 is 11.8 Å². The molecule has 3 rings (SSSR count). The molecule has 0 spiro atoms. The Hall–Kier alpha value is -2.69. The highest BCUT2D eigenvalue weighted by Crippen LogP contribution is 2.27. The van der Waals surface area contributed by atoms with E-state index in [1.807, 2.05) is 24.3 Å². The Labute approximate surface area is 133 Å². The minimum absolute atomic E-state index is 0.291. The van der Waals surface area contributed by atoms with Gasteiger partial charge in [0.15, 0.2) is 0 Å². The summed E-state index contributed by atoms with van der Waals surface area (Å²) in [6.07, 6.45) is 1.32. The average Bonchev–Trinajstić information content (AvgIpc) is 3.00. The molecule has 0 saturated heterocycles. The van der Waals surface area contributed by atoms with E-state index in [0.717, 1.165) is 23.2 Å². The third-order valence-corrected chi connectivity index (χ3v) is 3.94. The molecule has 1 N–H and O–H groups in total. The van der Waals surface area contributed by atoms with Crippen molar-refractivity contribution in [3.05, 3.63) is 65.5 Å². The first-order chi connectivity index (χ1) is 11.1. The Kier molecular flexibility index (Phi) is 4.37. The molecule has 0 aliphatic carbocycles. The maximum atomic E-state index is 12.8. The summed E-state index contributed by atoms with van der Waals surface area (Å²) in [5.41, 5.74) is 2.80. The summed E-state index contributed by atoms with van der Waals surface area (Å²) in [6, 6.07) is 13.7. The van der Waals surface area contributed by atoms with E-state index in [4.69, 9.17) is 0 Å². The fraction of sp³-hybridized carbons (Fsp3) is 0.222. The molecule has 5 heteroatoms. The van der Waals surface area contributed by atoms with Gasteiger partial charge in [-0.15, -0.1) is 0 Å². The number of benzene rings is 2. The van der Waals surface area contributed by atoms with Crippen LogP contribution in [0.5, 0.6) is 0 Å². The first kappa shape index (κ1) is 15.2. The van der Waals surface area contributed by atoms with Gasteiger partial charge in [-0.05, 0) is 42.2 Å². The second-order valence-corrected chi connectivity index (χ2v) is 5.47. The zero-order valence-corrected chi connectivity index (χ0v) is 12.6. The topological polar surface area (TPSA) is 49.4 Å². The molecule has 1 aliphatic rings. The lowest BCUT2D eigenvalue weighted by molar-refractivity contribution is -0.137. The van der Waals surface area contributed by atoms with Crippen LogP contribution < -0.4 is 10.2 Å². The van der Waals surface area contributed by atoms with Gasteiger partial charge in [0.25, 0.3) is 0 Å². The Balaban J connectivity index is 1.54. The second-order valence-electron chi connectivity index (χ2n) is 5.47. The second kappa shape index (κ2) is 6.60. The van der Waals surface area contributed by atoms with Crippen molar-refractivity contribution in [1.29, 1.82) is 0 Å². The molecule has 4 nitrogen and oxygen atoms in total. The molecule has 1 aliphatic heterocycles. The van der Waals surface area contributed by atoms with Crippen molar-refractivity contribution in [2.75, 3.05) is 18.0 Å². The van der Waals surface area contributed by atoms with E-state index in [2.05, 4.69) is 5.32 Å². The molecule has 0 bridgehead atoms. The highest BCUT2D eigenvalue weighted by Gasteiger charge is 2.28. The summed E-state index contributed by atoms with van der Waals surface area (Å²) in [6.45, 7) is 0.870. The monoisotopic (exact) mass is 312 g/mol. The summed E-state index contributed by atoms with van der Waals surface area (Å²) in [5.74, 6) is -1.43. The molecule has 2 aromatic carbocycles. The molecule has 0 unspecified atom stereocenters. The Morgan fingerprint density at radius 1 is 1.09 bits per heavy atom. The Morgan fingerprint density at radius 2 is 1.83 bits per heavy atom. The maximum absolute atomic E-state index is 12.8. The number of hydrogen-bond acceptors (Lipinski definition) is 2. The fourth-order valence-corrected chi connectivity index (χ4v) is 2.72. The average molecular weight is 312 g/mol. The summed E-state index contributed by atoms with van der Waals surface area (Å²) in [7, 11) is 0. The molecular formula is C18H17FN2O2. The number of para-hydroxylation sites is 1. The molecule has 23 heavy (non-hydrogen) atoms. The van der Waals surface area contributed by atoms with Gasteiger partial charge < -0.3 is 10.2 Å². The van der Waals surface area contributed by atoms with E-state index in [1.54, 1.807) is 12.1 Å². The third kappa shape index (κ3) is 3.39. The molecular weight excluding hydrogens is 295 g/mol. The van der Waals surface area contributed by atoms with E-state index in [-0.39, 0.29) is 5.82 Å². The van der Waals surface area contributed by atoms with Crippen molar-refractivity contribution in [2.45, 2.75) is 12.8 Å². The maximum Gasteiger partial charge on any atom is 0.316 e. The van der Waals surface area contributed by atoms with Crippen molar-refractivity contribution in [1.82, 2.24) is 5.32 Å². The van der Waals surface area contributed by atoms with Crippen LogP contribution in [-0.4, -0.2) is 24.9 Å². The molecule has 0 fully saturated rings. The molecule has 2 aromatic rings. The number of carbonyl (C=O) groups is 2. The van der Waals surface area contributed by atoms with Gasteiger partial charge in [0.05, 0.1) is 0 Å². The van der Waals surface area contributed by atoms with Gasteiger partial charge in [0.1, 0.15) is 5.82 Å². The van der Waals surface area contributed by atoms with Gasteiger partial charge in [0, 0.05) is 18.8 Å². The number of nitrogens with one attached hydrogen (secondary N) is 1. The number of hydrogen-bond donors (Lipinski definition) is 1. The molecule has 0 saturated carbocycles. The number of fused-ring (bicyclic) bond motifs is 1. The van der Waals surface area contributed by atoms with Crippen LogP contribution in [0.4, 0.5) is 10.1 Å². The van der Waals surface area contributed by atoms with E-state index in [1.165, 1.54) is 17.0 Å². The molecule has 1 heterocycles. The largest absolute Gasteiger partial charge is 0.347 e. The highest BCUT2D eigenvalue weighted by molar-refractivity contribution is 6.40. The molecule has 0 radical (unpaired) electrons. The van der Waals surface area contributed by atoms with Crippen LogP contribution in [0.15, 0.2) is 48.5 Å². The van der Waals surface area contributed by atoms with Crippen LogP contribution in [0.2, 0.25) is 0 Å². The Morgan fingerprint density at radius 3 is 2.61 bits per heavy atom. The summed E-state index contributed by atoms with van der Waals surface area (Å²) < 4.78 is 12.8. The zero-order chi connectivity index (χ0) is 16.2. The number of amides is 2. The van der Waals surface area contributed by atoms with E-state index in [0.29, 0.717) is 19.5 Å². The van der Waals surface area contributed by atoms with E-state index >= 15 is 0 Å². The molecule has 2 amide bonds. The Bertz CT molecular complexity index is 728. The van der Waals surface area contributed by atoms with Gasteiger partial charge in [0.2, 0.25) is 0 Å². The van der Waals surface area contributed by atoms with Gasteiger partial charge in [-0.1, -0.05) is 30.3 Å². The number of carbonyl (C=O) groups excluding carboxylic acids is 2. The van der Waals surface area contributed by atoms with Crippen molar-refractivity contribution < 1.29 is 14.0 Å². The van der Waals surface area contributed by atoms with Crippen molar-refractivity contribution >= 4 is 17.5 Å². The summed E-state index contributed by atoms with van der Waals surface area (Å²) in [5, 5.41) is 2.63. The first-order valence-corrected chi connectivity index (χ1v) is 7.57. The van der Waals surface area contributed by atoms with Crippen LogP contribution >= 0.6 is 0 Å². The van der Waals surface area contributed by atoms with Gasteiger partial charge >= 0.3 is 11.8 Å². The van der Waals surface area contributed by atoms with Gasteiger partial charge in [-0.3, -0.25) is 9.59 Å². The SMILES string of the molecule is O=C(NCCc1ccc(F)cc1)C(=O)N1CCc2ccccc21. The van der Waals surface area contributed by atoms with Crippen LogP contribution in [0, 0.1) is 5.82 Å². The highest BCUT2D eigenvalue weighted by atomic mass is 19.1. The normalized spacial score (nSPS) is 12.8. The van der Waals surface area contributed by atoms with Gasteiger partial charge in [-0.2, -0.15) is 0 Å². The van der Waals surface area contributed by atoms with Crippen LogP contribution in [-0.2, 0) is 22.4 Å². The molecule has 0 aromatic heterocycles. The van der Waals surface area contributed by atoms with Crippen molar-refractivity contribution in [2.24, 2.45) is 0 Å². The van der Waals surface area contributed by atoms with Crippen molar-refractivity contribution in [3.63, 3.8) is 0 Å². The lowest BCUT2D eigenvalue weighted by atomic mass is 10.1. The minimum Gasteiger partial charge on any atom is -0.347 e. The standard InChI is InChI=1S/C18H17FN2O2/c19-15-7-5-13(6-8-15)9-11-20-17(22)18(23)21-12-10-14-3-1-2-4-16(14)21/h1-8H,9-12H2,(H,20,22). The lowest BCUT2D eigenvalue weighted by Crippen LogP contribution is -2.43. The summed E-state index contributed by atoms with van der Waals surface area (Å²) in [4.78, 5) is 25.8. The fourth-order valence-electron chi connectivity index (χ4n) is 2.72. The van der Waals surface area contributed by atoms with Crippen LogP contribution in [0.25, 0.3) is 0 Å². The summed E-state index contributed by atoms with van der Waals surface area (Å²) >= 11 is 0. The van der Waals surface area contributed by atoms with Crippen molar-refractivity contribution in [3.8, 4) is 0 Å². The minimum atomic E-state index is -0.608. The zero-order valence-electron chi connectivity index (χ0n) is 12.6. The smallest absolute Gasteiger partial charge is 0.316 e. The number of anilines is 1. The number of nitrogens with zero attached hydrogens (tertiary/aromatic N) is 1. The quantitative estimate of drug-likeness (QED) is 0.882. The molecule has 0 atom stereocenters. The number of halogens is 1. The predicted molar refractivity (Wildman–Crippen MR) is 85.6 cm³/mol. The number of rotatable bonds is 3. The lowest BCUT2D eigenvalue weighted by Gasteiger charge is -2.16. The van der Waals surface area contributed by atoms with Crippen LogP contribution in [0.1, 0.15) is 11.1 Å². The van der Waals surface area contributed by atoms with Crippen LogP contribution in [0.3, 0.4) is 0 Å². The first-order valence-electron chi connectivity index (χ1n) is 7.57.